The fourth-order valence-electron chi connectivity index (χ4n) is 3.82. The summed E-state index contributed by atoms with van der Waals surface area (Å²) in [5.74, 6) is -1.26. The number of halogens is 1. The number of amides is 2. The lowest BCUT2D eigenvalue weighted by Gasteiger charge is -2.22. The van der Waals surface area contributed by atoms with Crippen molar-refractivity contribution in [3.05, 3.63) is 99.6 Å². The number of rotatable bonds is 6. The van der Waals surface area contributed by atoms with Crippen LogP contribution in [0.4, 0.5) is 15.9 Å². The Bertz CT molecular complexity index is 1480. The molecule has 0 radical (unpaired) electrons. The van der Waals surface area contributed by atoms with E-state index in [9.17, 15) is 18.8 Å². The fourth-order valence-corrected chi connectivity index (χ4v) is 3.82. The van der Waals surface area contributed by atoms with E-state index in [-0.39, 0.29) is 24.8 Å². The topological polar surface area (TPSA) is 84.3 Å². The molecule has 0 saturated carbocycles. The van der Waals surface area contributed by atoms with Gasteiger partial charge in [-0.15, -0.1) is 0 Å². The van der Waals surface area contributed by atoms with Crippen molar-refractivity contribution in [3.8, 4) is 0 Å². The number of anilines is 2. The Morgan fingerprint density at radius 3 is 2.43 bits per heavy atom. The molecule has 0 atom stereocenters. The molecule has 0 unspecified atom stereocenters. The first kappa shape index (κ1) is 23.8. The van der Waals surface area contributed by atoms with Gasteiger partial charge in [0.25, 0.3) is 5.56 Å². The summed E-state index contributed by atoms with van der Waals surface area (Å²) in [7, 11) is 0. The highest BCUT2D eigenvalue weighted by Gasteiger charge is 2.22. The van der Waals surface area contributed by atoms with E-state index in [1.54, 1.807) is 31.2 Å². The Hall–Kier alpha value is -4.33. The Morgan fingerprint density at radius 2 is 1.74 bits per heavy atom. The zero-order chi connectivity index (χ0) is 25.1. The largest absolute Gasteiger partial charge is 0.324 e. The summed E-state index contributed by atoms with van der Waals surface area (Å²) in [6.45, 7) is 4.88. The van der Waals surface area contributed by atoms with Crippen LogP contribution in [0.5, 0.6) is 0 Å². The van der Waals surface area contributed by atoms with E-state index >= 15 is 0 Å². The molecule has 35 heavy (non-hydrogen) atoms. The molecule has 0 aliphatic carbocycles. The van der Waals surface area contributed by atoms with Crippen LogP contribution in [0, 0.1) is 19.7 Å². The molecular formula is C27H25FN4O3. The van der Waals surface area contributed by atoms with Crippen molar-refractivity contribution in [3.63, 3.8) is 0 Å². The van der Waals surface area contributed by atoms with Crippen LogP contribution in [-0.2, 0) is 22.7 Å². The maximum Gasteiger partial charge on any atom is 0.294 e. The molecule has 0 saturated heterocycles. The molecule has 0 spiro atoms. The number of fused-ring (bicyclic) bond motifs is 1. The second kappa shape index (κ2) is 9.89. The Labute approximate surface area is 201 Å². The molecule has 7 nitrogen and oxygen atoms in total. The Morgan fingerprint density at radius 1 is 1.03 bits per heavy atom. The molecule has 2 amide bonds. The number of para-hydroxylation sites is 2. The van der Waals surface area contributed by atoms with Crippen LogP contribution in [0.2, 0.25) is 0 Å². The molecule has 0 bridgehead atoms. The molecule has 0 aliphatic heterocycles. The normalized spacial score (nSPS) is 10.9. The molecular weight excluding hydrogens is 447 g/mol. The lowest BCUT2D eigenvalue weighted by Crippen LogP contribution is -2.38. The van der Waals surface area contributed by atoms with Crippen LogP contribution in [0.3, 0.4) is 0 Å². The van der Waals surface area contributed by atoms with Crippen LogP contribution in [0.25, 0.3) is 11.0 Å². The molecule has 8 heteroatoms. The van der Waals surface area contributed by atoms with Gasteiger partial charge < -0.3 is 5.32 Å². The Kier molecular flexibility index (Phi) is 6.73. The summed E-state index contributed by atoms with van der Waals surface area (Å²) in [6, 6.07) is 18.6. The predicted octanol–water partition coefficient (Wildman–Crippen LogP) is 4.34. The first-order valence-electron chi connectivity index (χ1n) is 11.1. The van der Waals surface area contributed by atoms with E-state index in [0.717, 1.165) is 11.1 Å². The zero-order valence-electron chi connectivity index (χ0n) is 19.7. The van der Waals surface area contributed by atoms with Gasteiger partial charge in [0.05, 0.1) is 17.6 Å². The molecule has 4 aromatic rings. The third-order valence-electron chi connectivity index (χ3n) is 5.70. The summed E-state index contributed by atoms with van der Waals surface area (Å²) in [5, 5.41) is 2.73. The predicted molar refractivity (Wildman–Crippen MR) is 134 cm³/mol. The number of carbonyl (C=O) groups is 2. The fraction of sp³-hybridized carbons (Fsp3) is 0.185. The first-order chi connectivity index (χ1) is 16.7. The number of benzene rings is 3. The van der Waals surface area contributed by atoms with E-state index < -0.39 is 17.3 Å². The van der Waals surface area contributed by atoms with E-state index in [0.29, 0.717) is 22.3 Å². The summed E-state index contributed by atoms with van der Waals surface area (Å²) in [4.78, 5) is 44.8. The standard InChI is InChI=1S/C27H25FN4O3/c1-17-8-10-20(11-9-17)15-31(19(3)33)26-27(35)32(24-7-5-4-6-23(24)30-26)16-25(34)29-22-13-12-21(28)14-18(22)2/h4-14H,15-16H2,1-3H3,(H,29,34). The van der Waals surface area contributed by atoms with Crippen molar-refractivity contribution < 1.29 is 14.0 Å². The number of hydrogen-bond acceptors (Lipinski definition) is 4. The number of nitrogens with one attached hydrogen (secondary N) is 1. The Balaban J connectivity index is 1.73. The van der Waals surface area contributed by atoms with Crippen molar-refractivity contribution >= 4 is 34.4 Å². The van der Waals surface area contributed by atoms with Gasteiger partial charge in [-0.2, -0.15) is 0 Å². The summed E-state index contributed by atoms with van der Waals surface area (Å²) < 4.78 is 14.7. The summed E-state index contributed by atoms with van der Waals surface area (Å²) >= 11 is 0. The molecule has 3 aromatic carbocycles. The minimum Gasteiger partial charge on any atom is -0.324 e. The van der Waals surface area contributed by atoms with Gasteiger partial charge in [-0.3, -0.25) is 23.9 Å². The molecule has 0 aliphatic rings. The molecule has 0 fully saturated rings. The molecule has 4 rings (SSSR count). The van der Waals surface area contributed by atoms with Gasteiger partial charge in [0.2, 0.25) is 17.6 Å². The number of nitrogens with zero attached hydrogens (tertiary/aromatic N) is 3. The van der Waals surface area contributed by atoms with Crippen LogP contribution in [-0.4, -0.2) is 21.4 Å². The lowest BCUT2D eigenvalue weighted by molar-refractivity contribution is -0.117. The monoisotopic (exact) mass is 472 g/mol. The van der Waals surface area contributed by atoms with Gasteiger partial charge in [-0.05, 0) is 55.3 Å². The average Bonchev–Trinajstić information content (AvgIpc) is 2.82. The molecule has 1 N–H and O–H groups in total. The van der Waals surface area contributed by atoms with Gasteiger partial charge in [-0.25, -0.2) is 9.37 Å². The van der Waals surface area contributed by atoms with Crippen LogP contribution < -0.4 is 15.8 Å². The summed E-state index contributed by atoms with van der Waals surface area (Å²) in [5.41, 5.74) is 3.32. The van der Waals surface area contributed by atoms with Crippen LogP contribution >= 0.6 is 0 Å². The van der Waals surface area contributed by atoms with Crippen molar-refractivity contribution in [2.24, 2.45) is 0 Å². The highest BCUT2D eigenvalue weighted by Crippen LogP contribution is 2.19. The van der Waals surface area contributed by atoms with Crippen molar-refractivity contribution in [1.82, 2.24) is 9.55 Å². The lowest BCUT2D eigenvalue weighted by atomic mass is 10.1. The quantitative estimate of drug-likeness (QED) is 0.452. The molecule has 178 valence electrons. The smallest absolute Gasteiger partial charge is 0.294 e. The number of aryl methyl sites for hydroxylation is 2. The van der Waals surface area contributed by atoms with Crippen molar-refractivity contribution in [1.29, 1.82) is 0 Å². The highest BCUT2D eigenvalue weighted by molar-refractivity contribution is 5.93. The second-order valence-electron chi connectivity index (χ2n) is 8.41. The zero-order valence-corrected chi connectivity index (χ0v) is 19.7. The minimum absolute atomic E-state index is 0.0532. The van der Waals surface area contributed by atoms with Crippen molar-refractivity contribution in [2.45, 2.75) is 33.9 Å². The van der Waals surface area contributed by atoms with Gasteiger partial charge in [0, 0.05) is 12.6 Å². The molecule has 1 heterocycles. The van der Waals surface area contributed by atoms with E-state index in [2.05, 4.69) is 10.3 Å². The van der Waals surface area contributed by atoms with Gasteiger partial charge in [0.15, 0.2) is 0 Å². The highest BCUT2D eigenvalue weighted by atomic mass is 19.1. The van der Waals surface area contributed by atoms with E-state index in [1.807, 2.05) is 31.2 Å². The maximum atomic E-state index is 13.5. The SMILES string of the molecule is CC(=O)N(Cc1ccc(C)cc1)c1nc2ccccc2n(CC(=O)Nc2ccc(F)cc2C)c1=O. The van der Waals surface area contributed by atoms with Gasteiger partial charge >= 0.3 is 0 Å². The third-order valence-corrected chi connectivity index (χ3v) is 5.70. The summed E-state index contributed by atoms with van der Waals surface area (Å²) in [6.07, 6.45) is 0. The van der Waals surface area contributed by atoms with Gasteiger partial charge in [0.1, 0.15) is 12.4 Å². The maximum absolute atomic E-state index is 13.5. The van der Waals surface area contributed by atoms with E-state index in [1.165, 1.54) is 34.6 Å². The van der Waals surface area contributed by atoms with Crippen LogP contribution in [0.1, 0.15) is 23.6 Å². The average molecular weight is 473 g/mol. The first-order valence-corrected chi connectivity index (χ1v) is 11.1. The number of carbonyl (C=O) groups excluding carboxylic acids is 2. The molecule has 1 aromatic heterocycles. The van der Waals surface area contributed by atoms with Crippen LogP contribution in [0.15, 0.2) is 71.5 Å². The van der Waals surface area contributed by atoms with E-state index in [4.69, 9.17) is 0 Å². The second-order valence-corrected chi connectivity index (χ2v) is 8.41. The number of hydrogen-bond donors (Lipinski definition) is 1. The van der Waals surface area contributed by atoms with Gasteiger partial charge in [-0.1, -0.05) is 42.0 Å². The minimum atomic E-state index is -0.558. The van der Waals surface area contributed by atoms with Crippen molar-refractivity contribution in [2.75, 3.05) is 10.2 Å². The third kappa shape index (κ3) is 5.27. The number of aromatic nitrogens is 2.